The van der Waals surface area contributed by atoms with Gasteiger partial charge in [-0.1, -0.05) is 48.9 Å². The second-order valence-electron chi connectivity index (χ2n) is 4.87. The highest BCUT2D eigenvalue weighted by Crippen LogP contribution is 2.36. The number of hydrogen-bond acceptors (Lipinski definition) is 3. The maximum absolute atomic E-state index is 10.7. The fourth-order valence-corrected chi connectivity index (χ4v) is 3.02. The molecular weight excluding hydrogens is 287 g/mol. The van der Waals surface area contributed by atoms with Crippen LogP contribution in [0.5, 0.6) is 0 Å². The molecule has 4 nitrogen and oxygen atoms in total. The van der Waals surface area contributed by atoms with Crippen LogP contribution in [0.15, 0.2) is 12.1 Å². The average molecular weight is 303 g/mol. The van der Waals surface area contributed by atoms with Crippen LogP contribution in [-0.4, -0.2) is 11.0 Å². The first-order chi connectivity index (χ1) is 9.08. The summed E-state index contributed by atoms with van der Waals surface area (Å²) in [5.74, 6) is 0. The molecular formula is C13H16Cl2N2O2. The van der Waals surface area contributed by atoms with Crippen molar-refractivity contribution in [2.75, 3.05) is 5.32 Å². The molecule has 0 heterocycles. The second-order valence-corrected chi connectivity index (χ2v) is 5.69. The third kappa shape index (κ3) is 3.74. The zero-order valence-electron chi connectivity index (χ0n) is 10.5. The summed E-state index contributed by atoms with van der Waals surface area (Å²) in [5.41, 5.74) is 0.530. The van der Waals surface area contributed by atoms with Gasteiger partial charge in [-0.3, -0.25) is 10.1 Å². The molecule has 0 radical (unpaired) electrons. The summed E-state index contributed by atoms with van der Waals surface area (Å²) < 4.78 is 0. The molecule has 104 valence electrons. The van der Waals surface area contributed by atoms with Gasteiger partial charge >= 0.3 is 0 Å². The summed E-state index contributed by atoms with van der Waals surface area (Å²) in [6.07, 6.45) is 7.09. The molecule has 0 unspecified atom stereocenters. The first-order valence-electron chi connectivity index (χ1n) is 6.48. The summed E-state index contributed by atoms with van der Waals surface area (Å²) in [7, 11) is 0. The SMILES string of the molecule is O=[N+]([O-])c1cc(Cl)c(NC2CCCCCC2)c(Cl)c1. The van der Waals surface area contributed by atoms with Crippen LogP contribution in [0.25, 0.3) is 0 Å². The van der Waals surface area contributed by atoms with E-state index in [-0.39, 0.29) is 5.69 Å². The molecule has 0 amide bonds. The number of nitro groups is 1. The second kappa shape index (κ2) is 6.44. The van der Waals surface area contributed by atoms with Crippen molar-refractivity contribution in [3.05, 3.63) is 32.3 Å². The van der Waals surface area contributed by atoms with Crippen molar-refractivity contribution in [2.45, 2.75) is 44.6 Å². The lowest BCUT2D eigenvalue weighted by molar-refractivity contribution is -0.384. The minimum Gasteiger partial charge on any atom is -0.380 e. The zero-order valence-corrected chi connectivity index (χ0v) is 12.0. The number of anilines is 1. The van der Waals surface area contributed by atoms with Crippen LogP contribution in [0.1, 0.15) is 38.5 Å². The standard InChI is InChI=1S/C13H16Cl2N2O2/c14-11-7-10(17(18)19)8-12(15)13(11)16-9-5-3-1-2-4-6-9/h7-9,16H,1-6H2. The lowest BCUT2D eigenvalue weighted by Gasteiger charge is -2.19. The van der Waals surface area contributed by atoms with E-state index in [4.69, 9.17) is 23.2 Å². The average Bonchev–Trinajstić information content (AvgIpc) is 2.61. The van der Waals surface area contributed by atoms with Gasteiger partial charge in [0.1, 0.15) is 0 Å². The Labute approximate surface area is 122 Å². The smallest absolute Gasteiger partial charge is 0.272 e. The quantitative estimate of drug-likeness (QED) is 0.483. The molecule has 0 atom stereocenters. The lowest BCUT2D eigenvalue weighted by Crippen LogP contribution is -2.18. The molecule has 6 heteroatoms. The van der Waals surface area contributed by atoms with E-state index in [2.05, 4.69) is 5.32 Å². The number of non-ortho nitro benzene ring substituents is 1. The van der Waals surface area contributed by atoms with Crippen LogP contribution in [-0.2, 0) is 0 Å². The van der Waals surface area contributed by atoms with Crippen LogP contribution in [0.3, 0.4) is 0 Å². The van der Waals surface area contributed by atoms with E-state index in [1.807, 2.05) is 0 Å². The molecule has 1 saturated carbocycles. The van der Waals surface area contributed by atoms with Crippen LogP contribution in [0.2, 0.25) is 10.0 Å². The van der Waals surface area contributed by atoms with Gasteiger partial charge in [0.25, 0.3) is 5.69 Å². The Bertz CT molecular complexity index is 449. The number of rotatable bonds is 3. The highest BCUT2D eigenvalue weighted by molar-refractivity contribution is 6.39. The van der Waals surface area contributed by atoms with Crippen LogP contribution < -0.4 is 5.32 Å². The first-order valence-corrected chi connectivity index (χ1v) is 7.23. The van der Waals surface area contributed by atoms with Gasteiger partial charge in [-0.05, 0) is 12.8 Å². The van der Waals surface area contributed by atoms with Gasteiger partial charge in [-0.2, -0.15) is 0 Å². The van der Waals surface area contributed by atoms with Gasteiger partial charge in [0.2, 0.25) is 0 Å². The summed E-state index contributed by atoms with van der Waals surface area (Å²) in [6, 6.07) is 3.03. The zero-order chi connectivity index (χ0) is 13.8. The van der Waals surface area contributed by atoms with E-state index < -0.39 is 4.92 Å². The van der Waals surface area contributed by atoms with Crippen molar-refractivity contribution in [3.63, 3.8) is 0 Å². The summed E-state index contributed by atoms with van der Waals surface area (Å²) in [5, 5.41) is 14.7. The third-order valence-electron chi connectivity index (χ3n) is 3.44. The Morgan fingerprint density at radius 1 is 1.11 bits per heavy atom. The molecule has 1 aromatic rings. The van der Waals surface area contributed by atoms with Gasteiger partial charge < -0.3 is 5.32 Å². The highest BCUT2D eigenvalue weighted by Gasteiger charge is 2.18. The van der Waals surface area contributed by atoms with Crippen molar-refractivity contribution in [3.8, 4) is 0 Å². The Kier molecular flexibility index (Phi) is 4.88. The summed E-state index contributed by atoms with van der Waals surface area (Å²) in [6.45, 7) is 0. The first kappa shape index (κ1) is 14.4. The van der Waals surface area contributed by atoms with Crippen LogP contribution in [0.4, 0.5) is 11.4 Å². The Balaban J connectivity index is 2.17. The monoisotopic (exact) mass is 302 g/mol. The normalized spacial score (nSPS) is 16.9. The Hall–Kier alpha value is -1.00. The molecule has 1 aliphatic rings. The summed E-state index contributed by atoms with van der Waals surface area (Å²) in [4.78, 5) is 10.2. The van der Waals surface area contributed by atoms with Crippen molar-refractivity contribution < 1.29 is 4.92 Å². The van der Waals surface area contributed by atoms with Gasteiger partial charge in [0.15, 0.2) is 0 Å². The molecule has 0 bridgehead atoms. The van der Waals surface area contributed by atoms with Gasteiger partial charge in [-0.25, -0.2) is 0 Å². The largest absolute Gasteiger partial charge is 0.380 e. The Morgan fingerprint density at radius 3 is 2.11 bits per heavy atom. The molecule has 1 aliphatic carbocycles. The predicted octanol–water partition coefficient (Wildman–Crippen LogP) is 5.04. The minimum atomic E-state index is -0.493. The number of nitrogens with one attached hydrogen (secondary N) is 1. The van der Waals surface area contributed by atoms with E-state index in [0.717, 1.165) is 12.8 Å². The van der Waals surface area contributed by atoms with Gasteiger partial charge in [-0.15, -0.1) is 0 Å². The number of halogens is 2. The van der Waals surface area contributed by atoms with Crippen molar-refractivity contribution in [2.24, 2.45) is 0 Å². The molecule has 2 rings (SSSR count). The topological polar surface area (TPSA) is 55.2 Å². The molecule has 19 heavy (non-hydrogen) atoms. The van der Waals surface area contributed by atoms with Gasteiger partial charge in [0.05, 0.1) is 20.7 Å². The Morgan fingerprint density at radius 2 is 1.63 bits per heavy atom. The maximum atomic E-state index is 10.7. The molecule has 1 N–H and O–H groups in total. The van der Waals surface area contributed by atoms with E-state index >= 15 is 0 Å². The van der Waals surface area contributed by atoms with Crippen LogP contribution in [0, 0.1) is 10.1 Å². The molecule has 0 aliphatic heterocycles. The van der Waals surface area contributed by atoms with Gasteiger partial charge in [0, 0.05) is 18.2 Å². The fraction of sp³-hybridized carbons (Fsp3) is 0.538. The molecule has 1 aromatic carbocycles. The van der Waals surface area contributed by atoms with E-state index in [9.17, 15) is 10.1 Å². The number of nitro benzene ring substituents is 1. The lowest BCUT2D eigenvalue weighted by atomic mass is 10.1. The van der Waals surface area contributed by atoms with E-state index in [1.54, 1.807) is 0 Å². The third-order valence-corrected chi connectivity index (χ3v) is 4.04. The van der Waals surface area contributed by atoms with Crippen LogP contribution >= 0.6 is 23.2 Å². The summed E-state index contributed by atoms with van der Waals surface area (Å²) >= 11 is 12.2. The molecule has 0 saturated heterocycles. The molecule has 0 spiro atoms. The van der Waals surface area contributed by atoms with E-state index in [0.29, 0.717) is 21.8 Å². The molecule has 1 fully saturated rings. The predicted molar refractivity (Wildman–Crippen MR) is 78.2 cm³/mol. The molecule has 0 aromatic heterocycles. The van der Waals surface area contributed by atoms with E-state index in [1.165, 1.54) is 37.8 Å². The maximum Gasteiger partial charge on any atom is 0.272 e. The fourth-order valence-electron chi connectivity index (χ4n) is 2.43. The number of nitrogens with zero attached hydrogens (tertiary/aromatic N) is 1. The highest BCUT2D eigenvalue weighted by atomic mass is 35.5. The number of hydrogen-bond donors (Lipinski definition) is 1. The number of benzene rings is 1. The van der Waals surface area contributed by atoms with Crippen molar-refractivity contribution >= 4 is 34.6 Å². The minimum absolute atomic E-state index is 0.0820. The van der Waals surface area contributed by atoms with Crippen molar-refractivity contribution in [1.82, 2.24) is 0 Å². The van der Waals surface area contributed by atoms with Crippen molar-refractivity contribution in [1.29, 1.82) is 0 Å².